The average Bonchev–Trinajstić information content (AvgIpc) is 3.35. The number of aryl methyl sites for hydroxylation is 5. The molecule has 3 heteroatoms. The van der Waals surface area contributed by atoms with E-state index in [0.717, 1.165) is 89.0 Å². The standard InChI is InChI=1S/C58H50N2O/c1-39-11-17-44(18-12-39)53-56(47-27-23-42(24-28-47)50-9-7-35-59(4)37-50)54(45-19-13-40(2)14-20-45)58(49-31-33-52(61-6)34-32-49)55(46-21-15-41(3)16-22-46)57(53)48-29-25-43(26-30-48)51-10-8-36-60(5)38-51/h7-38H,1-6H3/q+2/i1D3,2D3,3D3. The minimum atomic E-state index is -2.36. The summed E-state index contributed by atoms with van der Waals surface area (Å²) in [5.41, 5.74) is 14.1. The number of pyridine rings is 2. The highest BCUT2D eigenvalue weighted by atomic mass is 16.5. The van der Waals surface area contributed by atoms with Crippen molar-refractivity contribution in [1.82, 2.24) is 0 Å². The molecule has 0 unspecified atom stereocenters. The maximum atomic E-state index is 8.32. The maximum absolute atomic E-state index is 8.32. The van der Waals surface area contributed by atoms with Crippen LogP contribution in [-0.2, 0) is 14.1 Å². The minimum Gasteiger partial charge on any atom is -0.497 e. The number of aromatic nitrogens is 2. The highest BCUT2D eigenvalue weighted by Crippen LogP contribution is 2.56. The molecule has 2 aromatic heterocycles. The van der Waals surface area contributed by atoms with E-state index in [2.05, 4.69) is 73.1 Å². The van der Waals surface area contributed by atoms with Crippen LogP contribution in [0.25, 0.3) is 89.0 Å². The first-order valence-corrected chi connectivity index (χ1v) is 20.2. The van der Waals surface area contributed by atoms with E-state index in [4.69, 9.17) is 17.1 Å². The zero-order valence-corrected chi connectivity index (χ0v) is 34.3. The third kappa shape index (κ3) is 7.91. The molecule has 0 spiro atoms. The topological polar surface area (TPSA) is 17.0 Å². The van der Waals surface area contributed by atoms with E-state index >= 15 is 0 Å². The van der Waals surface area contributed by atoms with Gasteiger partial charge in [-0.2, -0.15) is 0 Å². The van der Waals surface area contributed by atoms with Gasteiger partial charge in [-0.25, -0.2) is 9.13 Å². The molecule has 0 saturated heterocycles. The largest absolute Gasteiger partial charge is 0.497 e. The number of nitrogens with zero attached hydrogens (tertiary/aromatic N) is 2. The van der Waals surface area contributed by atoms with Crippen LogP contribution in [0, 0.1) is 20.6 Å². The van der Waals surface area contributed by atoms with Crippen LogP contribution in [0.4, 0.5) is 0 Å². The predicted octanol–water partition coefficient (Wildman–Crippen LogP) is 13.6. The van der Waals surface area contributed by atoms with E-state index in [1.54, 1.807) is 43.5 Å². The smallest absolute Gasteiger partial charge is 0.176 e. The molecule has 0 aliphatic rings. The van der Waals surface area contributed by atoms with Crippen LogP contribution in [0.1, 0.15) is 29.0 Å². The summed E-state index contributed by atoms with van der Waals surface area (Å²) in [7, 11) is 5.59. The van der Waals surface area contributed by atoms with E-state index in [0.29, 0.717) is 5.75 Å². The van der Waals surface area contributed by atoms with Crippen molar-refractivity contribution in [2.75, 3.05) is 7.11 Å². The van der Waals surface area contributed by atoms with Gasteiger partial charge in [-0.05, 0) is 123 Å². The lowest BCUT2D eigenvalue weighted by molar-refractivity contribution is -0.671. The summed E-state index contributed by atoms with van der Waals surface area (Å²) in [5.74, 6) is 0.650. The van der Waals surface area contributed by atoms with Gasteiger partial charge in [0.15, 0.2) is 24.8 Å². The molecule has 0 aliphatic carbocycles. The van der Waals surface area contributed by atoms with Gasteiger partial charge in [0.1, 0.15) is 19.8 Å². The Kier molecular flexibility index (Phi) is 8.16. The molecule has 0 aliphatic heterocycles. The molecular formula is C58H50N2O+2. The van der Waals surface area contributed by atoms with Crippen LogP contribution in [0.5, 0.6) is 5.75 Å². The Balaban J connectivity index is 1.50. The zero-order chi connectivity index (χ0) is 49.5. The molecule has 3 nitrogen and oxygen atoms in total. The van der Waals surface area contributed by atoms with Crippen LogP contribution in [0.3, 0.4) is 0 Å². The zero-order valence-electron chi connectivity index (χ0n) is 43.3. The Labute approximate surface area is 373 Å². The van der Waals surface area contributed by atoms with Crippen LogP contribution < -0.4 is 13.9 Å². The van der Waals surface area contributed by atoms with Gasteiger partial charge in [-0.3, -0.25) is 0 Å². The number of benzene rings is 7. The van der Waals surface area contributed by atoms with Crippen molar-refractivity contribution in [3.05, 3.63) is 211 Å². The van der Waals surface area contributed by atoms with Gasteiger partial charge >= 0.3 is 0 Å². The molecular weight excluding hydrogens is 741 g/mol. The highest BCUT2D eigenvalue weighted by Gasteiger charge is 2.29. The number of hydrogen-bond donors (Lipinski definition) is 0. The quantitative estimate of drug-likeness (QED) is 0.133. The lowest BCUT2D eigenvalue weighted by Crippen LogP contribution is -2.26. The molecule has 296 valence electrons. The Morgan fingerprint density at radius 3 is 0.852 bits per heavy atom. The summed E-state index contributed by atoms with van der Waals surface area (Å²) in [5, 5.41) is 0. The third-order valence-corrected chi connectivity index (χ3v) is 11.3. The van der Waals surface area contributed by atoms with Crippen molar-refractivity contribution in [2.45, 2.75) is 20.6 Å². The number of methoxy groups -OCH3 is 1. The molecule has 9 aromatic rings. The van der Waals surface area contributed by atoms with Gasteiger partial charge in [0.05, 0.1) is 7.11 Å². The molecule has 0 radical (unpaired) electrons. The molecule has 0 saturated carbocycles. The van der Waals surface area contributed by atoms with Crippen molar-refractivity contribution in [1.29, 1.82) is 0 Å². The van der Waals surface area contributed by atoms with E-state index in [9.17, 15) is 0 Å². The maximum Gasteiger partial charge on any atom is 0.176 e. The molecule has 0 fully saturated rings. The fourth-order valence-corrected chi connectivity index (χ4v) is 8.33. The summed E-state index contributed by atoms with van der Waals surface area (Å²) >= 11 is 0. The molecule has 0 bridgehead atoms. The van der Waals surface area contributed by atoms with Crippen LogP contribution in [0.15, 0.2) is 195 Å². The molecule has 0 atom stereocenters. The number of ether oxygens (including phenoxy) is 1. The second-order valence-electron chi connectivity index (χ2n) is 15.4. The lowest BCUT2D eigenvalue weighted by Gasteiger charge is -2.29. The van der Waals surface area contributed by atoms with Crippen molar-refractivity contribution >= 4 is 0 Å². The highest BCUT2D eigenvalue weighted by molar-refractivity contribution is 6.15. The molecule has 0 N–H and O–H groups in total. The minimum absolute atomic E-state index is 0.189. The average molecular weight is 800 g/mol. The van der Waals surface area contributed by atoms with E-state index < -0.39 is 20.6 Å². The molecule has 0 amide bonds. The molecule has 9 rings (SSSR count). The van der Waals surface area contributed by atoms with Gasteiger partial charge in [0.25, 0.3) is 0 Å². The first kappa shape index (κ1) is 29.8. The SMILES string of the molecule is [2H]C([2H])([2H])c1ccc(-c2c(-c3ccc(OC)cc3)c(-c3ccc(C([2H])([2H])[2H])cc3)c(-c3ccc(-c4ccc[n+](C)c4)cc3)c(-c3ccc(C([2H])([2H])[2H])cc3)c2-c2ccc(-c3ccc[n+](C)c3)cc2)cc1. The fourth-order valence-electron chi connectivity index (χ4n) is 8.33. The third-order valence-electron chi connectivity index (χ3n) is 11.3. The van der Waals surface area contributed by atoms with Gasteiger partial charge in [-0.15, -0.1) is 0 Å². The Morgan fingerprint density at radius 2 is 0.590 bits per heavy atom. The van der Waals surface area contributed by atoms with Crippen molar-refractivity contribution < 1.29 is 26.2 Å². The van der Waals surface area contributed by atoms with Crippen LogP contribution >= 0.6 is 0 Å². The van der Waals surface area contributed by atoms with Crippen LogP contribution in [0.2, 0.25) is 0 Å². The van der Waals surface area contributed by atoms with E-state index in [-0.39, 0.29) is 16.7 Å². The first-order valence-electron chi connectivity index (χ1n) is 24.7. The summed E-state index contributed by atoms with van der Waals surface area (Å²) in [6.45, 7) is -7.08. The van der Waals surface area contributed by atoms with Gasteiger partial charge < -0.3 is 4.74 Å². The first-order chi connectivity index (χ1) is 33.4. The normalized spacial score (nSPS) is 13.9. The monoisotopic (exact) mass is 799 g/mol. The Morgan fingerprint density at radius 1 is 0.328 bits per heavy atom. The second kappa shape index (κ2) is 16.7. The Hall–Kier alpha value is -7.36. The molecule has 2 heterocycles. The van der Waals surface area contributed by atoms with E-state index in [1.807, 2.05) is 108 Å². The van der Waals surface area contributed by atoms with Gasteiger partial charge in [0, 0.05) is 35.6 Å². The lowest BCUT2D eigenvalue weighted by atomic mass is 9.74. The number of hydrogen-bond acceptors (Lipinski definition) is 1. The Bertz CT molecular complexity index is 3150. The van der Waals surface area contributed by atoms with Gasteiger partial charge in [-0.1, -0.05) is 150 Å². The molecule has 61 heavy (non-hydrogen) atoms. The van der Waals surface area contributed by atoms with Crippen molar-refractivity contribution in [3.63, 3.8) is 0 Å². The van der Waals surface area contributed by atoms with Crippen molar-refractivity contribution in [2.24, 2.45) is 14.1 Å². The van der Waals surface area contributed by atoms with Crippen molar-refractivity contribution in [3.8, 4) is 94.8 Å². The molecule has 7 aromatic carbocycles. The summed E-state index contributed by atoms with van der Waals surface area (Å²) < 4.78 is 84.5. The second-order valence-corrected chi connectivity index (χ2v) is 15.4. The fraction of sp³-hybridized carbons (Fsp3) is 0.103. The predicted molar refractivity (Wildman–Crippen MR) is 253 cm³/mol. The van der Waals surface area contributed by atoms with E-state index in [1.165, 1.54) is 0 Å². The summed E-state index contributed by atoms with van der Waals surface area (Å²) in [6, 6.07) is 53.7. The number of rotatable bonds is 9. The van der Waals surface area contributed by atoms with Gasteiger partial charge in [0.2, 0.25) is 0 Å². The summed E-state index contributed by atoms with van der Waals surface area (Å²) in [6.07, 6.45) is 8.10. The summed E-state index contributed by atoms with van der Waals surface area (Å²) in [4.78, 5) is 0. The van der Waals surface area contributed by atoms with Crippen LogP contribution in [-0.4, -0.2) is 7.11 Å².